The van der Waals surface area contributed by atoms with Gasteiger partial charge in [0.1, 0.15) is 17.3 Å². The molecule has 0 aliphatic carbocycles. The number of furan rings is 1. The largest absolute Gasteiger partial charge is 0.461 e. The predicted molar refractivity (Wildman–Crippen MR) is 58.2 cm³/mol. The summed E-state index contributed by atoms with van der Waals surface area (Å²) in [7, 11) is 0. The highest BCUT2D eigenvalue weighted by Gasteiger charge is 2.07. The third-order valence-corrected chi connectivity index (χ3v) is 2.53. The molecule has 2 heteroatoms. The smallest absolute Gasteiger partial charge is 0.134 e. The first-order valence-electron chi connectivity index (χ1n) is 5.06. The molecule has 0 fully saturated rings. The maximum atomic E-state index is 12.7. The zero-order chi connectivity index (χ0) is 10.8. The molecular formula is C13H13FO. The van der Waals surface area contributed by atoms with E-state index in [1.54, 1.807) is 12.1 Å². The molecule has 0 saturated carbocycles. The van der Waals surface area contributed by atoms with Crippen LogP contribution in [0.4, 0.5) is 4.39 Å². The van der Waals surface area contributed by atoms with Gasteiger partial charge in [0.2, 0.25) is 0 Å². The Labute approximate surface area is 88.5 Å². The van der Waals surface area contributed by atoms with Crippen LogP contribution in [0.1, 0.15) is 18.2 Å². The normalized spacial score (nSPS) is 10.6. The van der Waals surface area contributed by atoms with Crippen LogP contribution in [0.25, 0.3) is 11.3 Å². The Morgan fingerprint density at radius 2 is 1.87 bits per heavy atom. The van der Waals surface area contributed by atoms with Crippen LogP contribution in [0, 0.1) is 12.7 Å². The Bertz CT molecular complexity index is 454. The molecule has 2 aromatic rings. The van der Waals surface area contributed by atoms with E-state index in [0.29, 0.717) is 0 Å². The van der Waals surface area contributed by atoms with E-state index in [2.05, 4.69) is 6.92 Å². The molecule has 0 aliphatic rings. The number of halogens is 1. The van der Waals surface area contributed by atoms with E-state index in [-0.39, 0.29) is 5.82 Å². The SMILES string of the molecule is CCc1cc(-c2ccc(F)cc2)oc1C. The fourth-order valence-electron chi connectivity index (χ4n) is 1.63. The molecule has 0 atom stereocenters. The summed E-state index contributed by atoms with van der Waals surface area (Å²) in [4.78, 5) is 0. The van der Waals surface area contributed by atoms with Crippen molar-refractivity contribution in [1.29, 1.82) is 0 Å². The van der Waals surface area contributed by atoms with Crippen molar-refractivity contribution < 1.29 is 8.81 Å². The minimum atomic E-state index is -0.224. The maximum Gasteiger partial charge on any atom is 0.134 e. The molecule has 1 aromatic carbocycles. The van der Waals surface area contributed by atoms with E-state index < -0.39 is 0 Å². The summed E-state index contributed by atoms with van der Waals surface area (Å²) in [6.45, 7) is 4.04. The van der Waals surface area contributed by atoms with Crippen molar-refractivity contribution in [2.24, 2.45) is 0 Å². The van der Waals surface area contributed by atoms with Crippen LogP contribution in [0.5, 0.6) is 0 Å². The average Bonchev–Trinajstić information content (AvgIpc) is 2.61. The molecule has 0 spiro atoms. The lowest BCUT2D eigenvalue weighted by Crippen LogP contribution is -1.76. The average molecular weight is 204 g/mol. The molecule has 1 nitrogen and oxygen atoms in total. The van der Waals surface area contributed by atoms with E-state index in [0.717, 1.165) is 23.5 Å². The Morgan fingerprint density at radius 3 is 2.40 bits per heavy atom. The third kappa shape index (κ3) is 1.94. The van der Waals surface area contributed by atoms with Gasteiger partial charge in [-0.2, -0.15) is 0 Å². The van der Waals surface area contributed by atoms with Crippen LogP contribution in [0.15, 0.2) is 34.7 Å². The Balaban J connectivity index is 2.41. The lowest BCUT2D eigenvalue weighted by molar-refractivity contribution is 0.543. The lowest BCUT2D eigenvalue weighted by atomic mass is 10.1. The second kappa shape index (κ2) is 3.89. The molecule has 15 heavy (non-hydrogen) atoms. The molecule has 1 heterocycles. The highest BCUT2D eigenvalue weighted by molar-refractivity contribution is 5.58. The van der Waals surface area contributed by atoms with Crippen molar-refractivity contribution in [3.05, 3.63) is 47.5 Å². The summed E-state index contributed by atoms with van der Waals surface area (Å²) in [6.07, 6.45) is 0.955. The first kappa shape index (κ1) is 9.97. The topological polar surface area (TPSA) is 13.1 Å². The zero-order valence-electron chi connectivity index (χ0n) is 8.88. The van der Waals surface area contributed by atoms with Crippen molar-refractivity contribution in [1.82, 2.24) is 0 Å². The van der Waals surface area contributed by atoms with Gasteiger partial charge < -0.3 is 4.42 Å². The summed E-state index contributed by atoms with van der Waals surface area (Å²) in [5, 5.41) is 0. The monoisotopic (exact) mass is 204 g/mol. The quantitative estimate of drug-likeness (QED) is 0.721. The van der Waals surface area contributed by atoms with Gasteiger partial charge in [-0.15, -0.1) is 0 Å². The van der Waals surface area contributed by atoms with E-state index in [9.17, 15) is 4.39 Å². The number of rotatable bonds is 2. The molecule has 0 amide bonds. The minimum absolute atomic E-state index is 0.224. The highest BCUT2D eigenvalue weighted by atomic mass is 19.1. The van der Waals surface area contributed by atoms with Gasteiger partial charge in [0.15, 0.2) is 0 Å². The third-order valence-electron chi connectivity index (χ3n) is 2.53. The van der Waals surface area contributed by atoms with E-state index in [1.165, 1.54) is 17.7 Å². The molecule has 0 N–H and O–H groups in total. The summed E-state index contributed by atoms with van der Waals surface area (Å²) < 4.78 is 18.3. The van der Waals surface area contributed by atoms with Crippen molar-refractivity contribution >= 4 is 0 Å². The van der Waals surface area contributed by atoms with Crippen molar-refractivity contribution in [3.63, 3.8) is 0 Å². The molecule has 78 valence electrons. The number of aryl methyl sites for hydroxylation is 2. The van der Waals surface area contributed by atoms with Crippen LogP contribution < -0.4 is 0 Å². The number of hydrogen-bond acceptors (Lipinski definition) is 1. The van der Waals surface area contributed by atoms with Gasteiger partial charge in [-0.25, -0.2) is 4.39 Å². The zero-order valence-corrected chi connectivity index (χ0v) is 8.88. The second-order valence-electron chi connectivity index (χ2n) is 3.55. The van der Waals surface area contributed by atoms with E-state index in [4.69, 9.17) is 4.42 Å². The van der Waals surface area contributed by atoms with Gasteiger partial charge in [0.25, 0.3) is 0 Å². The second-order valence-corrected chi connectivity index (χ2v) is 3.55. The van der Waals surface area contributed by atoms with E-state index >= 15 is 0 Å². The fraction of sp³-hybridized carbons (Fsp3) is 0.231. The van der Waals surface area contributed by atoms with Crippen molar-refractivity contribution in [2.45, 2.75) is 20.3 Å². The summed E-state index contributed by atoms with van der Waals surface area (Å²) in [6, 6.07) is 8.36. The predicted octanol–water partition coefficient (Wildman–Crippen LogP) is 3.96. The lowest BCUT2D eigenvalue weighted by Gasteiger charge is -1.95. The molecule has 0 saturated heterocycles. The summed E-state index contributed by atoms with van der Waals surface area (Å²) >= 11 is 0. The van der Waals surface area contributed by atoms with Gasteiger partial charge in [0, 0.05) is 5.56 Å². The van der Waals surface area contributed by atoms with Crippen LogP contribution in [-0.2, 0) is 6.42 Å². The van der Waals surface area contributed by atoms with Gasteiger partial charge in [-0.3, -0.25) is 0 Å². The van der Waals surface area contributed by atoms with Crippen LogP contribution in [-0.4, -0.2) is 0 Å². The first-order valence-corrected chi connectivity index (χ1v) is 5.06. The fourth-order valence-corrected chi connectivity index (χ4v) is 1.63. The maximum absolute atomic E-state index is 12.7. The summed E-state index contributed by atoms with van der Waals surface area (Å²) in [5.41, 5.74) is 2.12. The molecule has 0 radical (unpaired) electrons. The molecule has 0 unspecified atom stereocenters. The minimum Gasteiger partial charge on any atom is -0.461 e. The van der Waals surface area contributed by atoms with Crippen molar-refractivity contribution in [2.75, 3.05) is 0 Å². The molecule has 0 bridgehead atoms. The molecule has 2 rings (SSSR count). The van der Waals surface area contributed by atoms with E-state index in [1.807, 2.05) is 13.0 Å². The van der Waals surface area contributed by atoms with Gasteiger partial charge in [0.05, 0.1) is 0 Å². The van der Waals surface area contributed by atoms with Crippen LogP contribution >= 0.6 is 0 Å². The highest BCUT2D eigenvalue weighted by Crippen LogP contribution is 2.25. The Kier molecular flexibility index (Phi) is 2.58. The number of benzene rings is 1. The summed E-state index contributed by atoms with van der Waals surface area (Å²) in [5.74, 6) is 1.53. The van der Waals surface area contributed by atoms with Crippen LogP contribution in [0.2, 0.25) is 0 Å². The van der Waals surface area contributed by atoms with Gasteiger partial charge >= 0.3 is 0 Å². The van der Waals surface area contributed by atoms with Gasteiger partial charge in [-0.05, 0) is 49.2 Å². The molecule has 0 aliphatic heterocycles. The number of hydrogen-bond donors (Lipinski definition) is 0. The van der Waals surface area contributed by atoms with Gasteiger partial charge in [-0.1, -0.05) is 6.92 Å². The Morgan fingerprint density at radius 1 is 1.20 bits per heavy atom. The van der Waals surface area contributed by atoms with Crippen molar-refractivity contribution in [3.8, 4) is 11.3 Å². The molecular weight excluding hydrogens is 191 g/mol. The Hall–Kier alpha value is -1.57. The molecule has 1 aromatic heterocycles. The first-order chi connectivity index (χ1) is 7.20. The standard InChI is InChI=1S/C13H13FO/c1-3-10-8-13(15-9(10)2)11-4-6-12(14)7-5-11/h4-8H,3H2,1-2H3. The van der Waals surface area contributed by atoms with Crippen LogP contribution in [0.3, 0.4) is 0 Å².